The monoisotopic (exact) mass is 304 g/mol. The SMILES string of the molecule is CSc1ccc(C2=C[C@@H]3C(=O)O[C@H]2[C@H]2OC(=O)O[C@H]23)cc1. The largest absolute Gasteiger partial charge is 0.509 e. The molecule has 3 heterocycles. The highest BCUT2D eigenvalue weighted by Crippen LogP contribution is 2.43. The third-order valence-corrected chi connectivity index (χ3v) is 4.79. The van der Waals surface area contributed by atoms with Gasteiger partial charge in [-0.1, -0.05) is 18.2 Å². The van der Waals surface area contributed by atoms with Crippen molar-refractivity contribution in [1.82, 2.24) is 0 Å². The van der Waals surface area contributed by atoms with Gasteiger partial charge in [-0.05, 0) is 24.0 Å². The van der Waals surface area contributed by atoms with Gasteiger partial charge in [0.1, 0.15) is 5.92 Å². The first-order chi connectivity index (χ1) is 10.2. The second-order valence-electron chi connectivity index (χ2n) is 5.15. The number of hydrogen-bond acceptors (Lipinski definition) is 6. The molecule has 2 saturated heterocycles. The van der Waals surface area contributed by atoms with E-state index in [2.05, 4.69) is 0 Å². The fraction of sp³-hybridized carbons (Fsp3) is 0.333. The zero-order valence-electron chi connectivity index (χ0n) is 11.1. The smallest absolute Gasteiger partial charge is 0.453 e. The van der Waals surface area contributed by atoms with Crippen LogP contribution < -0.4 is 0 Å². The summed E-state index contributed by atoms with van der Waals surface area (Å²) in [6.07, 6.45) is 1.44. The average Bonchev–Trinajstić information content (AvgIpc) is 2.90. The zero-order chi connectivity index (χ0) is 14.6. The van der Waals surface area contributed by atoms with Gasteiger partial charge in [0.05, 0.1) is 0 Å². The van der Waals surface area contributed by atoms with Crippen LogP contribution in [0.2, 0.25) is 0 Å². The molecular formula is C15H12O5S. The van der Waals surface area contributed by atoms with Crippen LogP contribution in [-0.2, 0) is 19.0 Å². The number of benzene rings is 1. The zero-order valence-corrected chi connectivity index (χ0v) is 12.0. The number of thioether (sulfide) groups is 1. The maximum Gasteiger partial charge on any atom is 0.509 e. The number of carbonyl (C=O) groups excluding carboxylic acids is 2. The first-order valence-electron chi connectivity index (χ1n) is 6.61. The van der Waals surface area contributed by atoms with Crippen LogP contribution in [0.25, 0.3) is 5.57 Å². The molecule has 1 aromatic rings. The molecule has 2 bridgehead atoms. The molecule has 5 nitrogen and oxygen atoms in total. The van der Waals surface area contributed by atoms with Gasteiger partial charge in [-0.15, -0.1) is 11.8 Å². The normalized spacial score (nSPS) is 32.9. The maximum absolute atomic E-state index is 11.9. The van der Waals surface area contributed by atoms with E-state index >= 15 is 0 Å². The van der Waals surface area contributed by atoms with Crippen LogP contribution >= 0.6 is 11.8 Å². The molecule has 0 saturated carbocycles. The molecule has 2 fully saturated rings. The molecule has 3 aliphatic heterocycles. The Hall–Kier alpha value is -1.95. The lowest BCUT2D eigenvalue weighted by atomic mass is 9.78. The lowest BCUT2D eigenvalue weighted by molar-refractivity contribution is -0.169. The van der Waals surface area contributed by atoms with Gasteiger partial charge >= 0.3 is 12.1 Å². The summed E-state index contributed by atoms with van der Waals surface area (Å²) in [5, 5.41) is 0. The Labute approximate surface area is 125 Å². The Kier molecular flexibility index (Phi) is 2.75. The van der Waals surface area contributed by atoms with Crippen molar-refractivity contribution in [3.05, 3.63) is 35.9 Å². The molecule has 0 spiro atoms. The van der Waals surface area contributed by atoms with E-state index < -0.39 is 30.4 Å². The van der Waals surface area contributed by atoms with Crippen molar-refractivity contribution >= 4 is 29.5 Å². The number of esters is 1. The first-order valence-corrected chi connectivity index (χ1v) is 7.84. The highest BCUT2D eigenvalue weighted by molar-refractivity contribution is 7.98. The summed E-state index contributed by atoms with van der Waals surface area (Å²) < 4.78 is 15.6. The van der Waals surface area contributed by atoms with Crippen molar-refractivity contribution in [3.8, 4) is 0 Å². The molecular weight excluding hydrogens is 292 g/mol. The highest BCUT2D eigenvalue weighted by atomic mass is 32.2. The molecule has 108 valence electrons. The Morgan fingerprint density at radius 2 is 1.71 bits per heavy atom. The third-order valence-electron chi connectivity index (χ3n) is 4.05. The van der Waals surface area contributed by atoms with Gasteiger partial charge in [0.2, 0.25) is 0 Å². The van der Waals surface area contributed by atoms with Crippen LogP contribution in [0.5, 0.6) is 0 Å². The number of ether oxygens (including phenoxy) is 3. The van der Waals surface area contributed by atoms with Gasteiger partial charge in [0.25, 0.3) is 0 Å². The van der Waals surface area contributed by atoms with E-state index in [0.717, 1.165) is 16.0 Å². The minimum absolute atomic E-state index is 0.357. The predicted molar refractivity (Wildman–Crippen MR) is 74.7 cm³/mol. The molecule has 0 N–H and O–H groups in total. The minimum Gasteiger partial charge on any atom is -0.453 e. The first kappa shape index (κ1) is 12.8. The molecule has 0 amide bonds. The van der Waals surface area contributed by atoms with Crippen molar-refractivity contribution in [2.45, 2.75) is 23.2 Å². The van der Waals surface area contributed by atoms with Crippen molar-refractivity contribution in [1.29, 1.82) is 0 Å². The molecule has 0 unspecified atom stereocenters. The summed E-state index contributed by atoms with van der Waals surface area (Å²) >= 11 is 1.66. The lowest BCUT2D eigenvalue weighted by Crippen LogP contribution is -2.54. The topological polar surface area (TPSA) is 61.8 Å². The second kappa shape index (κ2) is 4.53. The molecule has 1 aromatic carbocycles. The molecule has 0 radical (unpaired) electrons. The van der Waals surface area contributed by atoms with E-state index in [-0.39, 0.29) is 5.97 Å². The molecule has 5 rings (SSSR count). The van der Waals surface area contributed by atoms with Crippen LogP contribution in [0.1, 0.15) is 5.56 Å². The molecule has 0 aromatic heterocycles. The second-order valence-corrected chi connectivity index (χ2v) is 6.03. The summed E-state index contributed by atoms with van der Waals surface area (Å²) in [6.45, 7) is 0. The third kappa shape index (κ3) is 1.86. The Balaban J connectivity index is 1.73. The number of carbonyl (C=O) groups is 2. The van der Waals surface area contributed by atoms with E-state index in [0.29, 0.717) is 0 Å². The van der Waals surface area contributed by atoms with Crippen molar-refractivity contribution in [3.63, 3.8) is 0 Å². The van der Waals surface area contributed by atoms with Crippen LogP contribution in [0.15, 0.2) is 35.2 Å². The van der Waals surface area contributed by atoms with E-state index in [1.165, 1.54) is 0 Å². The fourth-order valence-electron chi connectivity index (χ4n) is 3.04. The summed E-state index contributed by atoms with van der Waals surface area (Å²) in [5.74, 6) is -0.939. The van der Waals surface area contributed by atoms with Crippen LogP contribution in [-0.4, -0.2) is 36.7 Å². The number of hydrogen-bond donors (Lipinski definition) is 0. The molecule has 1 aliphatic carbocycles. The van der Waals surface area contributed by atoms with E-state index in [9.17, 15) is 9.59 Å². The van der Waals surface area contributed by atoms with Crippen molar-refractivity contribution < 1.29 is 23.8 Å². The van der Waals surface area contributed by atoms with Crippen LogP contribution in [0, 0.1) is 5.92 Å². The minimum atomic E-state index is -0.731. The summed E-state index contributed by atoms with van der Waals surface area (Å²) in [6, 6.07) is 8.00. The van der Waals surface area contributed by atoms with E-state index in [4.69, 9.17) is 14.2 Å². The summed E-state index contributed by atoms with van der Waals surface area (Å²) in [7, 11) is 0. The van der Waals surface area contributed by atoms with Gasteiger partial charge < -0.3 is 14.2 Å². The lowest BCUT2D eigenvalue weighted by Gasteiger charge is -2.39. The van der Waals surface area contributed by atoms with Gasteiger partial charge in [0, 0.05) is 10.5 Å². The predicted octanol–water partition coefficient (Wildman–Crippen LogP) is 2.25. The molecule has 4 atom stereocenters. The van der Waals surface area contributed by atoms with Gasteiger partial charge in [-0.3, -0.25) is 4.79 Å². The van der Waals surface area contributed by atoms with E-state index in [1.807, 2.05) is 36.6 Å². The Bertz CT molecular complexity index is 651. The van der Waals surface area contributed by atoms with Gasteiger partial charge in [0.15, 0.2) is 18.3 Å². The average molecular weight is 304 g/mol. The van der Waals surface area contributed by atoms with Crippen LogP contribution in [0.3, 0.4) is 0 Å². The Morgan fingerprint density at radius 1 is 1.00 bits per heavy atom. The summed E-state index contributed by atoms with van der Waals surface area (Å²) in [4.78, 5) is 24.3. The molecule has 4 aliphatic rings. The quantitative estimate of drug-likeness (QED) is 0.617. The van der Waals surface area contributed by atoms with Crippen LogP contribution in [0.4, 0.5) is 4.79 Å². The fourth-order valence-corrected chi connectivity index (χ4v) is 3.44. The van der Waals surface area contributed by atoms with Gasteiger partial charge in [-0.25, -0.2) is 4.79 Å². The van der Waals surface area contributed by atoms with Gasteiger partial charge in [-0.2, -0.15) is 0 Å². The number of fused-ring (bicyclic) bond motifs is 1. The molecule has 6 heteroatoms. The highest BCUT2D eigenvalue weighted by Gasteiger charge is 2.58. The maximum atomic E-state index is 11.9. The van der Waals surface area contributed by atoms with E-state index in [1.54, 1.807) is 11.8 Å². The van der Waals surface area contributed by atoms with Crippen molar-refractivity contribution in [2.24, 2.45) is 5.92 Å². The summed E-state index contributed by atoms with van der Waals surface area (Å²) in [5.41, 5.74) is 1.85. The van der Waals surface area contributed by atoms with Crippen molar-refractivity contribution in [2.75, 3.05) is 6.26 Å². The standard InChI is InChI=1S/C15H12O5S/c1-21-8-4-2-7(3-5-8)9-6-10-12-13(20-15(17)19-12)11(9)18-14(10)16/h2-6,10-13H,1H3/t10-,11+,12-,13+/m0/s1. The number of rotatable bonds is 2. The Morgan fingerprint density at radius 3 is 2.43 bits per heavy atom. The molecule has 21 heavy (non-hydrogen) atoms.